The molecule has 1 fully saturated rings. The second kappa shape index (κ2) is 2.27. The van der Waals surface area contributed by atoms with E-state index in [2.05, 4.69) is 0 Å². The Kier molecular flexibility index (Phi) is 1.77. The van der Waals surface area contributed by atoms with E-state index in [9.17, 15) is 8.42 Å². The number of rotatable bonds is 1. The van der Waals surface area contributed by atoms with Crippen LogP contribution in [0.3, 0.4) is 0 Å². The standard InChI is InChI=1S/C5H10NO2S/c1-9(7,8)6-4-2-3-5-6/h2H,3-5H2,1H3. The first-order valence-electron chi connectivity index (χ1n) is 2.87. The van der Waals surface area contributed by atoms with Crippen LogP contribution in [-0.4, -0.2) is 32.1 Å². The first-order chi connectivity index (χ1) is 4.11. The Bertz CT molecular complexity index is 179. The highest BCUT2D eigenvalue weighted by Gasteiger charge is 2.19. The lowest BCUT2D eigenvalue weighted by Gasteiger charge is -2.09. The Morgan fingerprint density at radius 3 is 2.44 bits per heavy atom. The molecule has 0 N–H and O–H groups in total. The van der Waals surface area contributed by atoms with Gasteiger partial charge in [-0.2, -0.15) is 0 Å². The van der Waals surface area contributed by atoms with Crippen LogP contribution in [-0.2, 0) is 10.0 Å². The molecular weight excluding hydrogens is 138 g/mol. The molecule has 0 aliphatic carbocycles. The number of nitrogens with zero attached hydrogens (tertiary/aromatic N) is 1. The molecule has 1 aliphatic heterocycles. The minimum absolute atomic E-state index is 0.596. The zero-order chi connectivity index (χ0) is 6.91. The lowest BCUT2D eigenvalue weighted by atomic mass is 10.4. The molecule has 1 aliphatic rings. The molecule has 0 aromatic carbocycles. The van der Waals surface area contributed by atoms with Gasteiger partial charge in [0.2, 0.25) is 10.0 Å². The summed E-state index contributed by atoms with van der Waals surface area (Å²) in [5, 5.41) is 0. The fraction of sp³-hybridized carbons (Fsp3) is 0.800. The Labute approximate surface area is 55.7 Å². The molecule has 0 amide bonds. The third-order valence-electron chi connectivity index (χ3n) is 1.38. The molecule has 0 atom stereocenters. The van der Waals surface area contributed by atoms with E-state index in [-0.39, 0.29) is 0 Å². The molecule has 1 rings (SSSR count). The topological polar surface area (TPSA) is 37.4 Å². The van der Waals surface area contributed by atoms with Gasteiger partial charge in [-0.15, -0.1) is 0 Å². The zero-order valence-corrected chi connectivity index (χ0v) is 6.19. The van der Waals surface area contributed by atoms with Crippen molar-refractivity contribution in [2.75, 3.05) is 19.3 Å². The van der Waals surface area contributed by atoms with Crippen LogP contribution in [0.25, 0.3) is 0 Å². The summed E-state index contributed by atoms with van der Waals surface area (Å²) in [6.07, 6.45) is 4.11. The van der Waals surface area contributed by atoms with E-state index < -0.39 is 10.0 Å². The van der Waals surface area contributed by atoms with Gasteiger partial charge in [0.1, 0.15) is 0 Å². The Balaban J connectivity index is 2.63. The van der Waals surface area contributed by atoms with Gasteiger partial charge in [0.05, 0.1) is 6.26 Å². The van der Waals surface area contributed by atoms with Gasteiger partial charge < -0.3 is 0 Å². The molecule has 1 radical (unpaired) electrons. The maximum Gasteiger partial charge on any atom is 0.211 e. The smallest absolute Gasteiger partial charge is 0.211 e. The molecule has 0 saturated carbocycles. The van der Waals surface area contributed by atoms with Crippen molar-refractivity contribution in [1.82, 2.24) is 4.31 Å². The number of hydrogen-bond acceptors (Lipinski definition) is 2. The number of sulfonamides is 1. The summed E-state index contributed by atoms with van der Waals surface area (Å²) in [5.41, 5.74) is 0. The summed E-state index contributed by atoms with van der Waals surface area (Å²) < 4.78 is 22.9. The van der Waals surface area contributed by atoms with Crippen LogP contribution in [0.15, 0.2) is 0 Å². The molecule has 1 saturated heterocycles. The largest absolute Gasteiger partial charge is 0.213 e. The summed E-state index contributed by atoms with van der Waals surface area (Å²) >= 11 is 0. The van der Waals surface area contributed by atoms with Crippen molar-refractivity contribution < 1.29 is 8.42 Å². The molecule has 1 heterocycles. The van der Waals surface area contributed by atoms with Crippen molar-refractivity contribution in [3.05, 3.63) is 6.42 Å². The average molecular weight is 148 g/mol. The van der Waals surface area contributed by atoms with E-state index >= 15 is 0 Å². The summed E-state index contributed by atoms with van der Waals surface area (Å²) in [7, 11) is -2.90. The zero-order valence-electron chi connectivity index (χ0n) is 5.37. The van der Waals surface area contributed by atoms with Crippen LogP contribution in [0, 0.1) is 6.42 Å². The maximum atomic E-state index is 10.7. The van der Waals surface area contributed by atoms with Gasteiger partial charge >= 0.3 is 0 Å². The van der Waals surface area contributed by atoms with E-state index in [1.54, 1.807) is 0 Å². The Morgan fingerprint density at radius 1 is 1.56 bits per heavy atom. The second-order valence-corrected chi connectivity index (χ2v) is 4.18. The predicted molar refractivity (Wildman–Crippen MR) is 35.3 cm³/mol. The Hall–Kier alpha value is -0.0900. The second-order valence-electron chi connectivity index (χ2n) is 2.20. The van der Waals surface area contributed by atoms with Crippen molar-refractivity contribution in [2.24, 2.45) is 0 Å². The van der Waals surface area contributed by atoms with Crippen molar-refractivity contribution >= 4 is 10.0 Å². The minimum Gasteiger partial charge on any atom is -0.213 e. The van der Waals surface area contributed by atoms with Gasteiger partial charge in [0, 0.05) is 13.1 Å². The lowest BCUT2D eigenvalue weighted by Crippen LogP contribution is -2.26. The van der Waals surface area contributed by atoms with Crippen LogP contribution in [0.1, 0.15) is 6.42 Å². The fourth-order valence-electron chi connectivity index (χ4n) is 0.863. The van der Waals surface area contributed by atoms with E-state index in [1.165, 1.54) is 10.6 Å². The monoisotopic (exact) mass is 148 g/mol. The van der Waals surface area contributed by atoms with Crippen LogP contribution in [0.5, 0.6) is 0 Å². The van der Waals surface area contributed by atoms with Crippen LogP contribution in [0.2, 0.25) is 0 Å². The molecule has 0 unspecified atom stereocenters. The molecular formula is C5H10NO2S. The van der Waals surface area contributed by atoms with Crippen molar-refractivity contribution in [3.8, 4) is 0 Å². The van der Waals surface area contributed by atoms with Gasteiger partial charge in [-0.1, -0.05) is 0 Å². The summed E-state index contributed by atoms with van der Waals surface area (Å²) in [6, 6.07) is 0. The predicted octanol–water partition coefficient (Wildman–Crippen LogP) is -0.144. The van der Waals surface area contributed by atoms with Gasteiger partial charge in [-0.25, -0.2) is 12.7 Å². The van der Waals surface area contributed by atoms with Gasteiger partial charge in [-0.05, 0) is 12.8 Å². The van der Waals surface area contributed by atoms with Gasteiger partial charge in [0.15, 0.2) is 0 Å². The highest BCUT2D eigenvalue weighted by Crippen LogP contribution is 2.09. The summed E-state index contributed by atoms with van der Waals surface area (Å²) in [4.78, 5) is 0. The highest BCUT2D eigenvalue weighted by molar-refractivity contribution is 7.88. The molecule has 0 aromatic heterocycles. The highest BCUT2D eigenvalue weighted by atomic mass is 32.2. The molecule has 3 nitrogen and oxygen atoms in total. The average Bonchev–Trinajstić information content (AvgIpc) is 2.08. The van der Waals surface area contributed by atoms with Crippen molar-refractivity contribution in [3.63, 3.8) is 0 Å². The molecule has 53 valence electrons. The van der Waals surface area contributed by atoms with Crippen LogP contribution in [0.4, 0.5) is 0 Å². The van der Waals surface area contributed by atoms with Gasteiger partial charge in [-0.3, -0.25) is 0 Å². The minimum atomic E-state index is -2.90. The number of hydrogen-bond donors (Lipinski definition) is 0. The first-order valence-corrected chi connectivity index (χ1v) is 4.72. The fourth-order valence-corrected chi connectivity index (χ4v) is 1.68. The van der Waals surface area contributed by atoms with E-state index in [0.29, 0.717) is 13.1 Å². The van der Waals surface area contributed by atoms with E-state index in [0.717, 1.165) is 6.42 Å². The van der Waals surface area contributed by atoms with Crippen molar-refractivity contribution in [2.45, 2.75) is 6.42 Å². The first kappa shape index (κ1) is 7.02. The van der Waals surface area contributed by atoms with Gasteiger partial charge in [0.25, 0.3) is 0 Å². The van der Waals surface area contributed by atoms with Crippen LogP contribution >= 0.6 is 0 Å². The Morgan fingerprint density at radius 2 is 2.22 bits per heavy atom. The molecule has 0 bridgehead atoms. The summed E-state index contributed by atoms with van der Waals surface area (Å²) in [6.45, 7) is 1.26. The summed E-state index contributed by atoms with van der Waals surface area (Å²) in [5.74, 6) is 0. The quantitative estimate of drug-likeness (QED) is 0.519. The van der Waals surface area contributed by atoms with Crippen molar-refractivity contribution in [1.29, 1.82) is 0 Å². The third kappa shape index (κ3) is 1.66. The molecule has 4 heteroatoms. The van der Waals surface area contributed by atoms with E-state index in [1.807, 2.05) is 6.42 Å². The molecule has 0 aromatic rings. The SMILES string of the molecule is CS(=O)(=O)N1C[CH]CC1. The van der Waals surface area contributed by atoms with E-state index in [4.69, 9.17) is 0 Å². The normalized spacial score (nSPS) is 22.8. The van der Waals surface area contributed by atoms with Crippen LogP contribution < -0.4 is 0 Å². The lowest BCUT2D eigenvalue weighted by molar-refractivity contribution is 0.487. The molecule has 0 spiro atoms. The maximum absolute atomic E-state index is 10.7. The molecule has 9 heavy (non-hydrogen) atoms. The third-order valence-corrected chi connectivity index (χ3v) is 2.65.